The van der Waals surface area contributed by atoms with Gasteiger partial charge < -0.3 is 10.4 Å². The highest BCUT2D eigenvalue weighted by Crippen LogP contribution is 2.37. The summed E-state index contributed by atoms with van der Waals surface area (Å²) in [7, 11) is 2.00. The van der Waals surface area contributed by atoms with Crippen molar-refractivity contribution in [1.82, 2.24) is 5.32 Å². The van der Waals surface area contributed by atoms with Crippen LogP contribution in [0.5, 0.6) is 0 Å². The first-order valence-corrected chi connectivity index (χ1v) is 7.00. The van der Waals surface area contributed by atoms with E-state index in [-0.39, 0.29) is 6.10 Å². The number of hydrogen-bond acceptors (Lipinski definition) is 3. The number of thiophene rings is 1. The van der Waals surface area contributed by atoms with Gasteiger partial charge in [0.1, 0.15) is 0 Å². The summed E-state index contributed by atoms with van der Waals surface area (Å²) in [6, 6.07) is 4.47. The Morgan fingerprint density at radius 3 is 2.56 bits per heavy atom. The lowest BCUT2D eigenvalue weighted by atomic mass is 9.82. The number of aliphatic hydroxyl groups is 1. The summed E-state index contributed by atoms with van der Waals surface area (Å²) in [5, 5.41) is 12.9. The van der Waals surface area contributed by atoms with Crippen LogP contribution in [0.3, 0.4) is 0 Å². The van der Waals surface area contributed by atoms with E-state index in [2.05, 4.69) is 11.4 Å². The first-order valence-electron chi connectivity index (χ1n) is 5.81. The number of halogens is 1. The van der Waals surface area contributed by atoms with Crippen molar-refractivity contribution in [2.45, 2.75) is 37.8 Å². The smallest absolute Gasteiger partial charge is 0.0931 e. The van der Waals surface area contributed by atoms with Crippen molar-refractivity contribution >= 4 is 22.9 Å². The Bertz CT molecular complexity index is 334. The molecule has 0 aliphatic heterocycles. The van der Waals surface area contributed by atoms with E-state index < -0.39 is 0 Å². The molecule has 1 unspecified atom stereocenters. The van der Waals surface area contributed by atoms with Crippen molar-refractivity contribution in [3.63, 3.8) is 0 Å². The summed E-state index contributed by atoms with van der Waals surface area (Å²) in [6.07, 6.45) is 3.98. The van der Waals surface area contributed by atoms with Crippen LogP contribution in [-0.2, 0) is 0 Å². The van der Waals surface area contributed by atoms with Crippen molar-refractivity contribution in [3.05, 3.63) is 21.3 Å². The predicted octanol–water partition coefficient (Wildman–Crippen LogP) is 3.21. The van der Waals surface area contributed by atoms with E-state index in [1.165, 1.54) is 4.88 Å². The van der Waals surface area contributed by atoms with Gasteiger partial charge in [-0.15, -0.1) is 11.3 Å². The molecule has 1 aliphatic carbocycles. The monoisotopic (exact) mass is 259 g/mol. The van der Waals surface area contributed by atoms with Crippen LogP contribution in [-0.4, -0.2) is 18.3 Å². The molecule has 0 saturated heterocycles. The van der Waals surface area contributed by atoms with Crippen molar-refractivity contribution in [3.8, 4) is 0 Å². The first kappa shape index (κ1) is 12.4. The number of nitrogens with one attached hydrogen (secondary N) is 1. The third kappa shape index (κ3) is 2.77. The van der Waals surface area contributed by atoms with Crippen LogP contribution in [0.2, 0.25) is 4.34 Å². The molecule has 0 bridgehead atoms. The van der Waals surface area contributed by atoms with E-state index in [9.17, 15) is 5.11 Å². The zero-order chi connectivity index (χ0) is 11.5. The molecule has 1 heterocycles. The second-order valence-corrected chi connectivity index (χ2v) is 6.22. The summed E-state index contributed by atoms with van der Waals surface area (Å²) in [4.78, 5) is 1.31. The molecule has 1 aliphatic rings. The second kappa shape index (κ2) is 5.50. The minimum absolute atomic E-state index is 0.0827. The molecule has 1 aromatic rings. The van der Waals surface area contributed by atoms with E-state index >= 15 is 0 Å². The van der Waals surface area contributed by atoms with Gasteiger partial charge in [-0.3, -0.25) is 0 Å². The average molecular weight is 260 g/mol. The average Bonchev–Trinajstić information content (AvgIpc) is 2.69. The number of rotatable bonds is 3. The van der Waals surface area contributed by atoms with Crippen LogP contribution in [0.15, 0.2) is 12.1 Å². The Balaban J connectivity index is 2.05. The third-order valence-corrected chi connectivity index (χ3v) is 4.74. The van der Waals surface area contributed by atoms with Crippen LogP contribution in [0.25, 0.3) is 0 Å². The second-order valence-electron chi connectivity index (χ2n) is 4.48. The highest BCUT2D eigenvalue weighted by molar-refractivity contribution is 7.16. The minimum atomic E-state index is -0.0827. The fourth-order valence-electron chi connectivity index (χ4n) is 2.54. The third-order valence-electron chi connectivity index (χ3n) is 3.42. The minimum Gasteiger partial charge on any atom is -0.393 e. The highest BCUT2D eigenvalue weighted by Gasteiger charge is 2.27. The maximum Gasteiger partial charge on any atom is 0.0931 e. The van der Waals surface area contributed by atoms with E-state index in [1.807, 2.05) is 13.1 Å². The van der Waals surface area contributed by atoms with E-state index in [1.54, 1.807) is 11.3 Å². The largest absolute Gasteiger partial charge is 0.393 e. The first-order chi connectivity index (χ1) is 7.70. The zero-order valence-electron chi connectivity index (χ0n) is 9.45. The summed E-state index contributed by atoms with van der Waals surface area (Å²) in [6.45, 7) is 0. The molecule has 0 amide bonds. The Hall–Kier alpha value is -0.0900. The highest BCUT2D eigenvalue weighted by atomic mass is 35.5. The number of aliphatic hydroxyl groups excluding tert-OH is 1. The molecule has 2 N–H and O–H groups in total. The Morgan fingerprint density at radius 2 is 2.06 bits per heavy atom. The standard InChI is InChI=1S/C12H18ClNOS/c1-14-12(10-6-7-11(13)16-10)8-2-4-9(15)5-3-8/h6-9,12,14-15H,2-5H2,1H3. The van der Waals surface area contributed by atoms with Gasteiger partial charge in [-0.2, -0.15) is 0 Å². The fraction of sp³-hybridized carbons (Fsp3) is 0.667. The lowest BCUT2D eigenvalue weighted by Gasteiger charge is -2.31. The molecule has 1 aromatic heterocycles. The summed E-state index contributed by atoms with van der Waals surface area (Å²) < 4.78 is 0.853. The quantitative estimate of drug-likeness (QED) is 0.874. The maximum atomic E-state index is 9.52. The molecule has 90 valence electrons. The van der Waals surface area contributed by atoms with Crippen LogP contribution in [0.1, 0.15) is 36.6 Å². The van der Waals surface area contributed by atoms with Gasteiger partial charge >= 0.3 is 0 Å². The molecule has 4 heteroatoms. The molecule has 0 radical (unpaired) electrons. The van der Waals surface area contributed by atoms with Gasteiger partial charge in [0, 0.05) is 10.9 Å². The molecule has 1 saturated carbocycles. The summed E-state index contributed by atoms with van der Waals surface area (Å²) in [5.41, 5.74) is 0. The molecule has 2 nitrogen and oxygen atoms in total. The van der Waals surface area contributed by atoms with Crippen molar-refractivity contribution in [2.24, 2.45) is 5.92 Å². The molecule has 2 rings (SSSR count). The van der Waals surface area contributed by atoms with Gasteiger partial charge in [-0.25, -0.2) is 0 Å². The zero-order valence-corrected chi connectivity index (χ0v) is 11.0. The molecule has 1 atom stereocenters. The molecular weight excluding hydrogens is 242 g/mol. The maximum absolute atomic E-state index is 9.52. The fourth-order valence-corrected chi connectivity index (χ4v) is 3.81. The Kier molecular flexibility index (Phi) is 4.25. The van der Waals surface area contributed by atoms with Gasteiger partial charge in [-0.1, -0.05) is 11.6 Å². The predicted molar refractivity (Wildman–Crippen MR) is 69.1 cm³/mol. The summed E-state index contributed by atoms with van der Waals surface area (Å²) in [5.74, 6) is 0.628. The molecule has 0 spiro atoms. The van der Waals surface area contributed by atoms with Gasteiger partial charge in [0.05, 0.1) is 10.4 Å². The van der Waals surface area contributed by atoms with Crippen LogP contribution in [0.4, 0.5) is 0 Å². The van der Waals surface area contributed by atoms with Crippen LogP contribution >= 0.6 is 22.9 Å². The van der Waals surface area contributed by atoms with Gasteiger partial charge in [0.25, 0.3) is 0 Å². The molecule has 16 heavy (non-hydrogen) atoms. The molecular formula is C12H18ClNOS. The van der Waals surface area contributed by atoms with E-state index in [0.717, 1.165) is 30.0 Å². The van der Waals surface area contributed by atoms with Gasteiger partial charge in [0.15, 0.2) is 0 Å². The van der Waals surface area contributed by atoms with Crippen molar-refractivity contribution < 1.29 is 5.11 Å². The van der Waals surface area contributed by atoms with Crippen molar-refractivity contribution in [2.75, 3.05) is 7.05 Å². The topological polar surface area (TPSA) is 32.3 Å². The molecule has 0 aromatic carbocycles. The van der Waals surface area contributed by atoms with Crippen molar-refractivity contribution in [1.29, 1.82) is 0 Å². The normalized spacial score (nSPS) is 27.9. The Labute approximate surface area is 106 Å². The van der Waals surface area contributed by atoms with Crippen LogP contribution in [0, 0.1) is 5.92 Å². The van der Waals surface area contributed by atoms with Gasteiger partial charge in [-0.05, 0) is 50.8 Å². The number of hydrogen-bond donors (Lipinski definition) is 2. The lowest BCUT2D eigenvalue weighted by molar-refractivity contribution is 0.0985. The van der Waals surface area contributed by atoms with E-state index in [0.29, 0.717) is 12.0 Å². The van der Waals surface area contributed by atoms with Crippen LogP contribution < -0.4 is 5.32 Å². The Morgan fingerprint density at radius 1 is 1.38 bits per heavy atom. The van der Waals surface area contributed by atoms with E-state index in [4.69, 9.17) is 11.6 Å². The molecule has 1 fully saturated rings. The van der Waals surface area contributed by atoms with Gasteiger partial charge in [0.2, 0.25) is 0 Å². The lowest BCUT2D eigenvalue weighted by Crippen LogP contribution is -2.29. The SMILES string of the molecule is CNC(c1ccc(Cl)s1)C1CCC(O)CC1. The summed E-state index contributed by atoms with van der Waals surface area (Å²) >= 11 is 7.63.